The van der Waals surface area contributed by atoms with Gasteiger partial charge in [-0.05, 0) is 25.8 Å². The summed E-state index contributed by atoms with van der Waals surface area (Å²) in [4.78, 5) is 46.7. The van der Waals surface area contributed by atoms with Gasteiger partial charge in [0.15, 0.2) is 5.13 Å². The molecule has 33 heavy (non-hydrogen) atoms. The fraction of sp³-hybridized carbons (Fsp3) is 0.455. The summed E-state index contributed by atoms with van der Waals surface area (Å²) in [6.45, 7) is 10.5. The molecule has 3 rings (SSSR count). The number of amides is 1. The lowest BCUT2D eigenvalue weighted by molar-refractivity contribution is -0.117. The summed E-state index contributed by atoms with van der Waals surface area (Å²) in [6, 6.07) is 0. The van der Waals surface area contributed by atoms with Crippen molar-refractivity contribution in [2.75, 3.05) is 56.2 Å². The number of anilines is 2. The second-order valence-corrected chi connectivity index (χ2v) is 9.24. The Morgan fingerprint density at radius 1 is 1.21 bits per heavy atom. The van der Waals surface area contributed by atoms with Gasteiger partial charge < -0.3 is 19.7 Å². The molecule has 1 N–H and O–H groups in total. The van der Waals surface area contributed by atoms with Crippen LogP contribution in [0.4, 0.5) is 10.1 Å². The van der Waals surface area contributed by atoms with E-state index < -0.39 is 11.9 Å². The van der Waals surface area contributed by atoms with E-state index >= 15 is 0 Å². The summed E-state index contributed by atoms with van der Waals surface area (Å²) in [5.74, 6) is -1.41. The Morgan fingerprint density at radius 2 is 2.03 bits per heavy atom. The molecule has 1 amide bonds. The first-order chi connectivity index (χ1) is 15.9. The van der Waals surface area contributed by atoms with Gasteiger partial charge in [0.05, 0.1) is 18.7 Å². The zero-order valence-corrected chi connectivity index (χ0v) is 20.4. The number of esters is 2. The Balaban J connectivity index is 1.69. The van der Waals surface area contributed by atoms with Gasteiger partial charge >= 0.3 is 11.9 Å². The number of carbonyl (C=O) groups is 3. The maximum Gasteiger partial charge on any atom is 0.348 e. The van der Waals surface area contributed by atoms with Crippen molar-refractivity contribution in [1.82, 2.24) is 9.88 Å². The number of carbonyl (C=O) groups excluding carboxylic acids is 3. The van der Waals surface area contributed by atoms with E-state index in [2.05, 4.69) is 26.7 Å². The predicted molar refractivity (Wildman–Crippen MR) is 130 cm³/mol. The predicted octanol–water partition coefficient (Wildman–Crippen LogP) is 3.18. The van der Waals surface area contributed by atoms with Crippen LogP contribution in [-0.4, -0.2) is 73.7 Å². The molecule has 0 saturated carbocycles. The van der Waals surface area contributed by atoms with Gasteiger partial charge in [0.2, 0.25) is 5.91 Å². The van der Waals surface area contributed by atoms with Crippen LogP contribution in [0.25, 0.3) is 0 Å². The highest BCUT2D eigenvalue weighted by Crippen LogP contribution is 2.34. The topological polar surface area (TPSA) is 101 Å². The van der Waals surface area contributed by atoms with E-state index in [1.807, 2.05) is 5.38 Å². The number of ether oxygens (including phenoxy) is 2. The number of rotatable bonds is 9. The SMILES string of the molecule is C=CCOC(=O)c1sc(NC(=O)CN2CCCN(c3nccs3)CC2)c(C(=O)OCC)c1C. The van der Waals surface area contributed by atoms with E-state index in [9.17, 15) is 14.4 Å². The number of aromatic nitrogens is 1. The molecule has 1 aliphatic heterocycles. The molecule has 1 fully saturated rings. The van der Waals surface area contributed by atoms with Crippen molar-refractivity contribution >= 4 is 50.7 Å². The summed E-state index contributed by atoms with van der Waals surface area (Å²) in [6.07, 6.45) is 4.17. The Hall–Kier alpha value is -2.76. The molecule has 0 aromatic carbocycles. The third-order valence-electron chi connectivity index (χ3n) is 5.04. The van der Waals surface area contributed by atoms with E-state index in [0.29, 0.717) is 10.6 Å². The molecule has 0 atom stereocenters. The lowest BCUT2D eigenvalue weighted by atomic mass is 10.1. The van der Waals surface area contributed by atoms with Crippen LogP contribution in [0, 0.1) is 6.92 Å². The van der Waals surface area contributed by atoms with Gasteiger partial charge in [-0.15, -0.1) is 22.7 Å². The molecular weight excluding hydrogens is 464 g/mol. The first-order valence-electron chi connectivity index (χ1n) is 10.7. The summed E-state index contributed by atoms with van der Waals surface area (Å²) in [5.41, 5.74) is 0.614. The molecule has 0 bridgehead atoms. The van der Waals surface area contributed by atoms with Crippen LogP contribution in [0.3, 0.4) is 0 Å². The minimum Gasteiger partial charge on any atom is -0.462 e. The van der Waals surface area contributed by atoms with Crippen LogP contribution in [0.15, 0.2) is 24.2 Å². The van der Waals surface area contributed by atoms with E-state index in [1.54, 1.807) is 31.4 Å². The summed E-state index contributed by atoms with van der Waals surface area (Å²) < 4.78 is 10.3. The van der Waals surface area contributed by atoms with Crippen LogP contribution < -0.4 is 10.2 Å². The van der Waals surface area contributed by atoms with Crippen LogP contribution >= 0.6 is 22.7 Å². The van der Waals surface area contributed by atoms with Gasteiger partial charge in [0, 0.05) is 37.8 Å². The minimum atomic E-state index is -0.585. The number of hydrogen-bond donors (Lipinski definition) is 1. The van der Waals surface area contributed by atoms with Crippen LogP contribution in [0.1, 0.15) is 38.9 Å². The van der Waals surface area contributed by atoms with Crippen LogP contribution in [0.5, 0.6) is 0 Å². The first kappa shape index (κ1) is 24.9. The van der Waals surface area contributed by atoms with Gasteiger partial charge in [0.1, 0.15) is 16.5 Å². The van der Waals surface area contributed by atoms with Gasteiger partial charge in [-0.25, -0.2) is 14.6 Å². The maximum absolute atomic E-state index is 12.8. The number of thiazole rings is 1. The van der Waals surface area contributed by atoms with Gasteiger partial charge in [-0.1, -0.05) is 12.7 Å². The normalized spacial score (nSPS) is 14.4. The standard InChI is InChI=1S/C22H28N4O5S2/c1-4-12-31-21(29)18-15(3)17(20(28)30-5-2)19(33-18)24-16(27)14-25-8-6-9-26(11-10-25)22-23-7-13-32-22/h4,7,13H,1,5-6,8-12,14H2,2-3H3,(H,24,27). The number of thiophene rings is 1. The van der Waals surface area contributed by atoms with Crippen molar-refractivity contribution in [2.45, 2.75) is 20.3 Å². The fourth-order valence-corrected chi connectivity index (χ4v) is 5.31. The number of hydrogen-bond acceptors (Lipinski definition) is 10. The van der Waals surface area contributed by atoms with Crippen LogP contribution in [-0.2, 0) is 14.3 Å². The molecule has 0 radical (unpaired) electrons. The average molecular weight is 493 g/mol. The average Bonchev–Trinajstić information content (AvgIpc) is 3.36. The lowest BCUT2D eigenvalue weighted by Crippen LogP contribution is -2.36. The highest BCUT2D eigenvalue weighted by molar-refractivity contribution is 7.18. The Labute approximate surface area is 201 Å². The molecule has 2 aromatic rings. The summed E-state index contributed by atoms with van der Waals surface area (Å²) in [7, 11) is 0. The largest absolute Gasteiger partial charge is 0.462 e. The lowest BCUT2D eigenvalue weighted by Gasteiger charge is -2.21. The van der Waals surface area contributed by atoms with Gasteiger partial charge in [0.25, 0.3) is 0 Å². The third-order valence-corrected chi connectivity index (χ3v) is 7.06. The molecule has 11 heteroatoms. The van der Waals surface area contributed by atoms with E-state index in [0.717, 1.165) is 49.1 Å². The molecule has 9 nitrogen and oxygen atoms in total. The Morgan fingerprint density at radius 3 is 2.73 bits per heavy atom. The van der Waals surface area contributed by atoms with Crippen molar-refractivity contribution in [2.24, 2.45) is 0 Å². The molecule has 2 aromatic heterocycles. The number of nitrogens with zero attached hydrogens (tertiary/aromatic N) is 3. The quantitative estimate of drug-likeness (QED) is 0.421. The second-order valence-electron chi connectivity index (χ2n) is 7.35. The highest BCUT2D eigenvalue weighted by Gasteiger charge is 2.28. The van der Waals surface area contributed by atoms with Crippen molar-refractivity contribution in [3.63, 3.8) is 0 Å². The van der Waals surface area contributed by atoms with Gasteiger partial charge in [-0.2, -0.15) is 0 Å². The molecule has 3 heterocycles. The Kier molecular flexibility index (Phi) is 8.98. The van der Waals surface area contributed by atoms with Crippen LogP contribution in [0.2, 0.25) is 0 Å². The maximum atomic E-state index is 12.8. The molecular formula is C22H28N4O5S2. The molecule has 1 saturated heterocycles. The second kappa shape index (κ2) is 11.9. The van der Waals surface area contributed by atoms with E-state index in [-0.39, 0.29) is 36.1 Å². The zero-order valence-electron chi connectivity index (χ0n) is 18.8. The van der Waals surface area contributed by atoms with E-state index in [4.69, 9.17) is 9.47 Å². The van der Waals surface area contributed by atoms with Crippen molar-refractivity contribution < 1.29 is 23.9 Å². The fourth-order valence-electron chi connectivity index (χ4n) is 3.51. The molecule has 0 aliphatic carbocycles. The van der Waals surface area contributed by atoms with Crippen molar-refractivity contribution in [3.05, 3.63) is 40.2 Å². The van der Waals surface area contributed by atoms with Crippen molar-refractivity contribution in [3.8, 4) is 0 Å². The first-order valence-corrected chi connectivity index (χ1v) is 12.4. The smallest absolute Gasteiger partial charge is 0.348 e. The van der Waals surface area contributed by atoms with Crippen molar-refractivity contribution in [1.29, 1.82) is 0 Å². The Bertz CT molecular complexity index is 989. The molecule has 0 unspecified atom stereocenters. The monoisotopic (exact) mass is 492 g/mol. The summed E-state index contributed by atoms with van der Waals surface area (Å²) in [5, 5.41) is 6.05. The molecule has 178 valence electrons. The minimum absolute atomic E-state index is 0.0551. The van der Waals surface area contributed by atoms with Gasteiger partial charge in [-0.3, -0.25) is 9.69 Å². The third kappa shape index (κ3) is 6.40. The summed E-state index contributed by atoms with van der Waals surface area (Å²) >= 11 is 2.62. The molecule has 0 spiro atoms. The molecule has 1 aliphatic rings. The zero-order chi connectivity index (χ0) is 23.8. The number of nitrogens with one attached hydrogen (secondary N) is 1. The highest BCUT2D eigenvalue weighted by atomic mass is 32.1. The van der Waals surface area contributed by atoms with E-state index in [1.165, 1.54) is 6.08 Å².